The summed E-state index contributed by atoms with van der Waals surface area (Å²) >= 11 is 0. The van der Waals surface area contributed by atoms with Gasteiger partial charge >= 0.3 is 0 Å². The Morgan fingerprint density at radius 1 is 1.21 bits per heavy atom. The highest BCUT2D eigenvalue weighted by Gasteiger charge is 2.12. The van der Waals surface area contributed by atoms with Gasteiger partial charge in [0.25, 0.3) is 5.91 Å². The van der Waals surface area contributed by atoms with Gasteiger partial charge in [-0.15, -0.1) is 0 Å². The minimum Gasteiger partial charge on any atom is -0.387 e. The van der Waals surface area contributed by atoms with E-state index in [4.69, 9.17) is 0 Å². The van der Waals surface area contributed by atoms with Gasteiger partial charge < -0.3 is 10.4 Å². The molecule has 0 aliphatic heterocycles. The normalized spacial score (nSPS) is 12.6. The molecular weight excluding hydrogens is 333 g/mol. The third kappa shape index (κ3) is 5.43. The van der Waals surface area contributed by atoms with Crippen molar-refractivity contribution in [1.29, 1.82) is 0 Å². The van der Waals surface area contributed by atoms with Crippen LogP contribution in [-0.4, -0.2) is 32.2 Å². The molecule has 0 bridgehead atoms. The Morgan fingerprint density at radius 2 is 1.88 bits per heavy atom. The van der Waals surface area contributed by atoms with E-state index in [0.717, 1.165) is 6.26 Å². The first kappa shape index (κ1) is 18.1. The summed E-state index contributed by atoms with van der Waals surface area (Å²) in [5.74, 6) is -0.976. The molecule has 0 radical (unpaired) electrons. The molecule has 24 heavy (non-hydrogen) atoms. The molecule has 1 unspecified atom stereocenters. The lowest BCUT2D eigenvalue weighted by molar-refractivity contribution is 0.0916. The van der Waals surface area contributed by atoms with Gasteiger partial charge in [0.1, 0.15) is 5.82 Å². The van der Waals surface area contributed by atoms with E-state index in [1.165, 1.54) is 30.3 Å². The van der Waals surface area contributed by atoms with Crippen LogP contribution in [0.4, 0.5) is 4.39 Å². The highest BCUT2D eigenvalue weighted by atomic mass is 32.2. The third-order valence-corrected chi connectivity index (χ3v) is 4.19. The van der Waals surface area contributed by atoms with Crippen molar-refractivity contribution in [2.24, 2.45) is 0 Å². The molecule has 0 aromatic heterocycles. The molecule has 2 aromatic rings. The molecule has 1 atom stereocenters. The fourth-order valence-electron chi connectivity index (χ4n) is 2.20. The highest BCUT2D eigenvalue weighted by Crippen LogP contribution is 2.13. The first-order valence-corrected chi connectivity index (χ1v) is 9.29. The molecule has 5 nitrogen and oxygen atoms in total. The van der Waals surface area contributed by atoms with Crippen molar-refractivity contribution in [2.45, 2.75) is 11.9 Å². The van der Waals surface area contributed by atoms with E-state index in [9.17, 15) is 22.7 Å². The van der Waals surface area contributed by atoms with Gasteiger partial charge in [-0.1, -0.05) is 24.3 Å². The second-order valence-corrected chi connectivity index (χ2v) is 7.69. The summed E-state index contributed by atoms with van der Waals surface area (Å²) < 4.78 is 35.5. The van der Waals surface area contributed by atoms with Crippen LogP contribution in [0.1, 0.15) is 27.6 Å². The first-order chi connectivity index (χ1) is 11.2. The number of aliphatic hydroxyl groups excluding tert-OH is 1. The fourth-order valence-corrected chi connectivity index (χ4v) is 2.98. The molecule has 1 amide bonds. The molecule has 0 aliphatic carbocycles. The zero-order chi connectivity index (χ0) is 17.7. The van der Waals surface area contributed by atoms with Crippen molar-refractivity contribution in [3.05, 3.63) is 71.0 Å². The number of carbonyl (C=O) groups excluding carboxylic acids is 1. The van der Waals surface area contributed by atoms with Crippen LogP contribution in [0, 0.1) is 5.82 Å². The summed E-state index contributed by atoms with van der Waals surface area (Å²) in [6.07, 6.45) is 0.160. The number of hydrogen-bond acceptors (Lipinski definition) is 4. The molecule has 2 N–H and O–H groups in total. The van der Waals surface area contributed by atoms with E-state index in [2.05, 4.69) is 5.32 Å². The summed E-state index contributed by atoms with van der Waals surface area (Å²) in [5.41, 5.74) is 1.31. The Kier molecular flexibility index (Phi) is 5.69. The average Bonchev–Trinajstić information content (AvgIpc) is 2.51. The monoisotopic (exact) mass is 351 g/mol. The van der Waals surface area contributed by atoms with Crippen LogP contribution in [0.15, 0.2) is 48.5 Å². The van der Waals surface area contributed by atoms with Gasteiger partial charge in [0, 0.05) is 18.4 Å². The number of carbonyl (C=O) groups is 1. The van der Waals surface area contributed by atoms with Crippen LogP contribution in [-0.2, 0) is 15.6 Å². The molecule has 0 spiro atoms. The van der Waals surface area contributed by atoms with Crippen LogP contribution in [0.2, 0.25) is 0 Å². The SMILES string of the molecule is CS(=O)(=O)Cc1cccc(C(=O)NCC(O)c2ccc(F)cc2)c1. The lowest BCUT2D eigenvalue weighted by Crippen LogP contribution is -2.28. The minimum absolute atomic E-state index is 0.0409. The summed E-state index contributed by atoms with van der Waals surface area (Å²) in [4.78, 5) is 12.1. The maximum Gasteiger partial charge on any atom is 0.251 e. The number of halogens is 1. The van der Waals surface area contributed by atoms with Crippen LogP contribution in [0.5, 0.6) is 0 Å². The zero-order valence-electron chi connectivity index (χ0n) is 13.1. The quantitative estimate of drug-likeness (QED) is 0.832. The molecule has 2 aromatic carbocycles. The van der Waals surface area contributed by atoms with Crippen molar-refractivity contribution in [3.8, 4) is 0 Å². The van der Waals surface area contributed by atoms with Gasteiger partial charge in [0.15, 0.2) is 9.84 Å². The van der Waals surface area contributed by atoms with Crippen molar-refractivity contribution in [2.75, 3.05) is 12.8 Å². The maximum absolute atomic E-state index is 12.8. The molecule has 0 saturated carbocycles. The smallest absolute Gasteiger partial charge is 0.251 e. The van der Waals surface area contributed by atoms with E-state index in [0.29, 0.717) is 16.7 Å². The van der Waals surface area contributed by atoms with Crippen molar-refractivity contribution >= 4 is 15.7 Å². The second kappa shape index (κ2) is 7.55. The fraction of sp³-hybridized carbons (Fsp3) is 0.235. The van der Waals surface area contributed by atoms with Gasteiger partial charge in [-0.2, -0.15) is 0 Å². The Hall–Kier alpha value is -2.25. The second-order valence-electron chi connectivity index (χ2n) is 5.55. The first-order valence-electron chi connectivity index (χ1n) is 7.23. The number of aliphatic hydroxyl groups is 1. The number of sulfone groups is 1. The Balaban J connectivity index is 1.99. The van der Waals surface area contributed by atoms with E-state index < -0.39 is 27.7 Å². The predicted octanol–water partition coefficient (Wildman–Crippen LogP) is 1.83. The molecule has 0 saturated heterocycles. The maximum atomic E-state index is 12.8. The molecule has 2 rings (SSSR count). The number of hydrogen-bond donors (Lipinski definition) is 2. The van der Waals surface area contributed by atoms with E-state index in [1.807, 2.05) is 0 Å². The van der Waals surface area contributed by atoms with E-state index in [1.54, 1.807) is 18.2 Å². The third-order valence-electron chi connectivity index (χ3n) is 3.33. The summed E-state index contributed by atoms with van der Waals surface area (Å²) in [7, 11) is -3.19. The van der Waals surface area contributed by atoms with Crippen LogP contribution >= 0.6 is 0 Å². The van der Waals surface area contributed by atoms with Gasteiger partial charge in [-0.25, -0.2) is 12.8 Å². The standard InChI is InChI=1S/C17H18FNO4S/c1-24(22,23)11-12-3-2-4-14(9-12)17(21)19-10-16(20)13-5-7-15(18)8-6-13/h2-9,16,20H,10-11H2,1H3,(H,19,21). The van der Waals surface area contributed by atoms with Crippen LogP contribution in [0.25, 0.3) is 0 Å². The highest BCUT2D eigenvalue weighted by molar-refractivity contribution is 7.89. The number of amides is 1. The molecule has 7 heteroatoms. The van der Waals surface area contributed by atoms with Crippen molar-refractivity contribution in [1.82, 2.24) is 5.32 Å². The lowest BCUT2D eigenvalue weighted by Gasteiger charge is -2.12. The molecule has 0 fully saturated rings. The zero-order valence-corrected chi connectivity index (χ0v) is 13.9. The summed E-state index contributed by atoms with van der Waals surface area (Å²) in [6, 6.07) is 11.6. The van der Waals surface area contributed by atoms with E-state index in [-0.39, 0.29) is 12.3 Å². The predicted molar refractivity (Wildman–Crippen MR) is 88.7 cm³/mol. The van der Waals surface area contributed by atoms with Gasteiger partial charge in [-0.05, 0) is 35.4 Å². The topological polar surface area (TPSA) is 83.5 Å². The van der Waals surface area contributed by atoms with E-state index >= 15 is 0 Å². The molecular formula is C17H18FNO4S. The van der Waals surface area contributed by atoms with Gasteiger partial charge in [0.05, 0.1) is 11.9 Å². The number of benzene rings is 2. The number of nitrogens with one attached hydrogen (secondary N) is 1. The Bertz CT molecular complexity index is 819. The largest absolute Gasteiger partial charge is 0.387 e. The number of rotatable bonds is 6. The Labute approximate surface area is 140 Å². The summed E-state index contributed by atoms with van der Waals surface area (Å²) in [6.45, 7) is -0.0409. The van der Waals surface area contributed by atoms with Crippen molar-refractivity contribution < 1.29 is 22.7 Å². The lowest BCUT2D eigenvalue weighted by atomic mass is 10.1. The molecule has 0 aliphatic rings. The minimum atomic E-state index is -3.19. The average molecular weight is 351 g/mol. The molecule has 128 valence electrons. The summed E-state index contributed by atoms with van der Waals surface area (Å²) in [5, 5.41) is 12.6. The van der Waals surface area contributed by atoms with Gasteiger partial charge in [-0.3, -0.25) is 4.79 Å². The molecule has 0 heterocycles. The van der Waals surface area contributed by atoms with Crippen molar-refractivity contribution in [3.63, 3.8) is 0 Å². The Morgan fingerprint density at radius 3 is 2.50 bits per heavy atom. The van der Waals surface area contributed by atoms with Crippen LogP contribution < -0.4 is 5.32 Å². The van der Waals surface area contributed by atoms with Gasteiger partial charge in [0.2, 0.25) is 0 Å². The van der Waals surface area contributed by atoms with Crippen LogP contribution in [0.3, 0.4) is 0 Å².